The lowest BCUT2D eigenvalue weighted by atomic mass is 10.2. The second-order valence-electron chi connectivity index (χ2n) is 3.72. The van der Waals surface area contributed by atoms with Crippen LogP contribution in [0.25, 0.3) is 0 Å². The van der Waals surface area contributed by atoms with E-state index in [1.54, 1.807) is 24.3 Å². The quantitative estimate of drug-likeness (QED) is 0.369. The van der Waals surface area contributed by atoms with Gasteiger partial charge in [0.2, 0.25) is 10.0 Å². The second kappa shape index (κ2) is 6.32. The van der Waals surface area contributed by atoms with Crippen LogP contribution in [0.2, 0.25) is 0 Å². The van der Waals surface area contributed by atoms with Crippen molar-refractivity contribution in [2.75, 3.05) is 13.1 Å². The molecule has 0 atom stereocenters. The van der Waals surface area contributed by atoms with Gasteiger partial charge in [-0.3, -0.25) is 0 Å². The molecule has 0 saturated carbocycles. The zero-order valence-corrected chi connectivity index (χ0v) is 11.0. The van der Waals surface area contributed by atoms with Crippen LogP contribution >= 0.6 is 0 Å². The summed E-state index contributed by atoms with van der Waals surface area (Å²) >= 11 is 0. The van der Waals surface area contributed by atoms with Gasteiger partial charge >= 0.3 is 0 Å². The number of hydrogen-bond donors (Lipinski definition) is 1. The van der Waals surface area contributed by atoms with E-state index in [2.05, 4.69) is 11.7 Å². The summed E-state index contributed by atoms with van der Waals surface area (Å²) in [5, 5.41) is 11.2. The molecule has 1 rings (SSSR count). The summed E-state index contributed by atoms with van der Waals surface area (Å²) in [7, 11) is -3.59. The highest BCUT2D eigenvalue weighted by molar-refractivity contribution is 7.89. The molecule has 18 heavy (non-hydrogen) atoms. The predicted octanol–water partition coefficient (Wildman–Crippen LogP) is 1.63. The lowest BCUT2D eigenvalue weighted by Gasteiger charge is -2.18. The first kappa shape index (κ1) is 14.4. The zero-order valence-electron chi connectivity index (χ0n) is 10.2. The van der Waals surface area contributed by atoms with Gasteiger partial charge in [0, 0.05) is 6.54 Å². The molecule has 0 aliphatic rings. The lowest BCUT2D eigenvalue weighted by molar-refractivity contribution is 0.319. The number of nitrogens with zero attached hydrogens (tertiary/aromatic N) is 2. The van der Waals surface area contributed by atoms with Crippen molar-refractivity contribution in [3.8, 4) is 0 Å². The predicted molar refractivity (Wildman–Crippen MR) is 70.4 cm³/mol. The van der Waals surface area contributed by atoms with Crippen molar-refractivity contribution in [3.63, 3.8) is 0 Å². The van der Waals surface area contributed by atoms with Crippen molar-refractivity contribution in [2.24, 2.45) is 5.16 Å². The number of rotatable bonds is 6. The van der Waals surface area contributed by atoms with E-state index < -0.39 is 10.0 Å². The molecule has 0 amide bonds. The van der Waals surface area contributed by atoms with Crippen molar-refractivity contribution < 1.29 is 13.6 Å². The SMILES string of the molecule is C=CCN(C/C=N/O)S(=O)(=O)c1ccc(C)cc1. The van der Waals surface area contributed by atoms with Crippen molar-refractivity contribution in [3.05, 3.63) is 42.5 Å². The molecular weight excluding hydrogens is 252 g/mol. The standard InChI is InChI=1S/C12H16N2O3S/c1-3-9-14(10-8-13-15)18(16,17)12-6-4-11(2)5-7-12/h3-8,15H,1,9-10H2,2H3/b13-8+. The smallest absolute Gasteiger partial charge is 0.243 e. The summed E-state index contributed by atoms with van der Waals surface area (Å²) < 4.78 is 25.7. The molecule has 0 saturated heterocycles. The summed E-state index contributed by atoms with van der Waals surface area (Å²) in [5.74, 6) is 0. The fourth-order valence-electron chi connectivity index (χ4n) is 1.40. The van der Waals surface area contributed by atoms with E-state index in [1.807, 2.05) is 6.92 Å². The Morgan fingerprint density at radius 3 is 2.44 bits per heavy atom. The van der Waals surface area contributed by atoms with Crippen molar-refractivity contribution >= 4 is 16.2 Å². The van der Waals surface area contributed by atoms with Gasteiger partial charge < -0.3 is 5.21 Å². The molecule has 0 spiro atoms. The fourth-order valence-corrected chi connectivity index (χ4v) is 2.74. The third kappa shape index (κ3) is 3.41. The number of hydrogen-bond acceptors (Lipinski definition) is 4. The summed E-state index contributed by atoms with van der Waals surface area (Å²) in [6.07, 6.45) is 2.60. The topological polar surface area (TPSA) is 70.0 Å². The van der Waals surface area contributed by atoms with Crippen molar-refractivity contribution in [1.29, 1.82) is 0 Å². The second-order valence-corrected chi connectivity index (χ2v) is 5.66. The molecule has 0 bridgehead atoms. The van der Waals surface area contributed by atoms with Crippen molar-refractivity contribution in [1.82, 2.24) is 4.31 Å². The Kier molecular flexibility index (Phi) is 5.06. The Labute approximate surface area is 107 Å². The van der Waals surface area contributed by atoms with Crippen LogP contribution in [0.4, 0.5) is 0 Å². The maximum atomic E-state index is 12.3. The van der Waals surface area contributed by atoms with Gasteiger partial charge in [0.1, 0.15) is 0 Å². The average Bonchev–Trinajstić information content (AvgIpc) is 2.35. The molecule has 0 aliphatic carbocycles. The van der Waals surface area contributed by atoms with E-state index in [-0.39, 0.29) is 18.0 Å². The molecule has 0 unspecified atom stereocenters. The minimum atomic E-state index is -3.59. The molecular formula is C12H16N2O3S. The van der Waals surface area contributed by atoms with Crippen LogP contribution in [0.1, 0.15) is 5.56 Å². The summed E-state index contributed by atoms with van der Waals surface area (Å²) in [6.45, 7) is 5.56. The van der Waals surface area contributed by atoms with E-state index in [0.717, 1.165) is 11.8 Å². The van der Waals surface area contributed by atoms with E-state index in [0.29, 0.717) is 0 Å². The van der Waals surface area contributed by atoms with Crippen LogP contribution in [0.3, 0.4) is 0 Å². The van der Waals surface area contributed by atoms with Crippen LogP contribution in [-0.2, 0) is 10.0 Å². The monoisotopic (exact) mass is 268 g/mol. The highest BCUT2D eigenvalue weighted by Gasteiger charge is 2.22. The molecule has 1 N–H and O–H groups in total. The first-order valence-corrected chi connectivity index (χ1v) is 6.80. The average molecular weight is 268 g/mol. The first-order chi connectivity index (χ1) is 8.52. The normalized spacial score (nSPS) is 12.1. The molecule has 5 nitrogen and oxygen atoms in total. The van der Waals surface area contributed by atoms with Crippen LogP contribution in [0.15, 0.2) is 47.0 Å². The molecule has 0 radical (unpaired) electrons. The first-order valence-electron chi connectivity index (χ1n) is 5.36. The Balaban J connectivity index is 3.07. The number of sulfonamides is 1. The van der Waals surface area contributed by atoms with Gasteiger partial charge in [0.05, 0.1) is 17.7 Å². The van der Waals surface area contributed by atoms with Gasteiger partial charge in [-0.05, 0) is 19.1 Å². The summed E-state index contributed by atoms with van der Waals surface area (Å²) in [4.78, 5) is 0.210. The van der Waals surface area contributed by atoms with Gasteiger partial charge in [-0.2, -0.15) is 4.31 Å². The van der Waals surface area contributed by atoms with E-state index >= 15 is 0 Å². The Morgan fingerprint density at radius 2 is 1.94 bits per heavy atom. The summed E-state index contributed by atoms with van der Waals surface area (Å²) in [5.41, 5.74) is 0.987. The molecule has 0 aliphatic heterocycles. The number of oxime groups is 1. The zero-order chi connectivity index (χ0) is 13.6. The van der Waals surface area contributed by atoms with Crippen LogP contribution in [0, 0.1) is 6.92 Å². The highest BCUT2D eigenvalue weighted by Crippen LogP contribution is 2.15. The molecule has 1 aromatic carbocycles. The van der Waals surface area contributed by atoms with Crippen LogP contribution in [-0.4, -0.2) is 37.2 Å². The number of benzene rings is 1. The van der Waals surface area contributed by atoms with Gasteiger partial charge in [0.15, 0.2) is 0 Å². The molecule has 6 heteroatoms. The molecule has 0 aromatic heterocycles. The minimum absolute atomic E-state index is 0.00126. The minimum Gasteiger partial charge on any atom is -0.411 e. The third-order valence-electron chi connectivity index (χ3n) is 2.36. The fraction of sp³-hybridized carbons (Fsp3) is 0.250. The largest absolute Gasteiger partial charge is 0.411 e. The van der Waals surface area contributed by atoms with Crippen LogP contribution < -0.4 is 0 Å². The Bertz CT molecular complexity index is 521. The van der Waals surface area contributed by atoms with Crippen molar-refractivity contribution in [2.45, 2.75) is 11.8 Å². The third-order valence-corrected chi connectivity index (χ3v) is 4.20. The van der Waals surface area contributed by atoms with Crippen LogP contribution in [0.5, 0.6) is 0 Å². The molecule has 1 aromatic rings. The number of aryl methyl sites for hydroxylation is 1. The maximum Gasteiger partial charge on any atom is 0.243 e. The van der Waals surface area contributed by atoms with Gasteiger partial charge in [0.25, 0.3) is 0 Å². The van der Waals surface area contributed by atoms with E-state index in [9.17, 15) is 8.42 Å². The lowest BCUT2D eigenvalue weighted by Crippen LogP contribution is -2.32. The summed E-state index contributed by atoms with van der Waals surface area (Å²) in [6, 6.07) is 6.58. The van der Waals surface area contributed by atoms with Gasteiger partial charge in [-0.1, -0.05) is 23.8 Å². The maximum absolute atomic E-state index is 12.3. The molecule has 0 fully saturated rings. The Morgan fingerprint density at radius 1 is 1.33 bits per heavy atom. The molecule has 0 heterocycles. The van der Waals surface area contributed by atoms with Gasteiger partial charge in [-0.15, -0.1) is 11.7 Å². The highest BCUT2D eigenvalue weighted by atomic mass is 32.2. The Hall–Kier alpha value is -1.66. The van der Waals surface area contributed by atoms with E-state index in [1.165, 1.54) is 10.4 Å². The van der Waals surface area contributed by atoms with E-state index in [4.69, 9.17) is 5.21 Å². The van der Waals surface area contributed by atoms with Gasteiger partial charge in [-0.25, -0.2) is 8.42 Å². The molecule has 98 valence electrons.